The van der Waals surface area contributed by atoms with Gasteiger partial charge in [-0.25, -0.2) is 4.79 Å². The van der Waals surface area contributed by atoms with E-state index in [0.29, 0.717) is 11.4 Å². The molecule has 0 radical (unpaired) electrons. The molecule has 1 fully saturated rings. The molecule has 3 aromatic rings. The summed E-state index contributed by atoms with van der Waals surface area (Å²) in [7, 11) is 0. The highest BCUT2D eigenvalue weighted by Gasteiger charge is 2.25. The third-order valence-corrected chi connectivity index (χ3v) is 6.74. The molecule has 1 aliphatic rings. The Labute approximate surface area is 180 Å². The van der Waals surface area contributed by atoms with Crippen LogP contribution in [0.2, 0.25) is 0 Å². The van der Waals surface area contributed by atoms with Crippen LogP contribution in [0.25, 0.3) is 10.2 Å². The Bertz CT molecular complexity index is 1060. The number of nitrogens with zero attached hydrogens (tertiary/aromatic N) is 2. The quantitative estimate of drug-likeness (QED) is 0.595. The zero-order valence-corrected chi connectivity index (χ0v) is 18.4. The van der Waals surface area contributed by atoms with Crippen LogP contribution in [0.1, 0.15) is 59.1 Å². The predicted molar refractivity (Wildman–Crippen MR) is 118 cm³/mol. The van der Waals surface area contributed by atoms with Crippen LogP contribution < -0.4 is 5.32 Å². The van der Waals surface area contributed by atoms with Gasteiger partial charge >= 0.3 is 5.97 Å². The summed E-state index contributed by atoms with van der Waals surface area (Å²) in [5, 5.41) is 8.55. The number of hydrogen-bond acceptors (Lipinski definition) is 5. The summed E-state index contributed by atoms with van der Waals surface area (Å²) in [5.41, 5.74) is 3.24. The predicted octanol–water partition coefficient (Wildman–Crippen LogP) is 4.37. The highest BCUT2D eigenvalue weighted by atomic mass is 32.1. The second kappa shape index (κ2) is 8.60. The largest absolute Gasteiger partial charge is 0.448 e. The molecule has 1 atom stereocenters. The summed E-state index contributed by atoms with van der Waals surface area (Å²) in [5.74, 6) is -0.690. The van der Waals surface area contributed by atoms with Crippen molar-refractivity contribution in [2.45, 2.75) is 65.1 Å². The van der Waals surface area contributed by atoms with Crippen molar-refractivity contribution in [3.8, 4) is 0 Å². The molecule has 1 aliphatic carbocycles. The van der Waals surface area contributed by atoms with Crippen LogP contribution in [-0.2, 0) is 16.1 Å². The first kappa shape index (κ1) is 20.6. The number of fused-ring (bicyclic) bond motifs is 1. The molecule has 2 heterocycles. The number of amides is 1. The first-order chi connectivity index (χ1) is 14.4. The average molecular weight is 426 g/mol. The van der Waals surface area contributed by atoms with Crippen molar-refractivity contribution >= 4 is 33.4 Å². The maximum atomic E-state index is 12.7. The van der Waals surface area contributed by atoms with Gasteiger partial charge in [0.2, 0.25) is 0 Å². The van der Waals surface area contributed by atoms with E-state index in [1.165, 1.54) is 16.9 Å². The van der Waals surface area contributed by atoms with Gasteiger partial charge in [-0.15, -0.1) is 11.3 Å². The molecule has 7 heteroatoms. The lowest BCUT2D eigenvalue weighted by Crippen LogP contribution is -2.40. The maximum absolute atomic E-state index is 12.7. The number of aromatic nitrogens is 2. The van der Waals surface area contributed by atoms with Gasteiger partial charge in [0.15, 0.2) is 6.10 Å². The van der Waals surface area contributed by atoms with Gasteiger partial charge in [-0.1, -0.05) is 42.7 Å². The third kappa shape index (κ3) is 4.41. The molecule has 0 aliphatic heterocycles. The van der Waals surface area contributed by atoms with Gasteiger partial charge in [-0.3, -0.25) is 9.48 Å². The molecule has 30 heavy (non-hydrogen) atoms. The maximum Gasteiger partial charge on any atom is 0.349 e. The second-order valence-electron chi connectivity index (χ2n) is 8.10. The molecule has 4 rings (SSSR count). The minimum Gasteiger partial charge on any atom is -0.448 e. The molecule has 1 aromatic carbocycles. The van der Waals surface area contributed by atoms with Gasteiger partial charge in [0, 0.05) is 11.4 Å². The molecule has 0 saturated heterocycles. The first-order valence-electron chi connectivity index (χ1n) is 10.4. The van der Waals surface area contributed by atoms with E-state index in [9.17, 15) is 9.59 Å². The second-order valence-corrected chi connectivity index (χ2v) is 9.13. The van der Waals surface area contributed by atoms with Crippen molar-refractivity contribution in [1.29, 1.82) is 0 Å². The van der Waals surface area contributed by atoms with Gasteiger partial charge < -0.3 is 10.1 Å². The molecule has 1 saturated carbocycles. The number of thiophene rings is 1. The molecule has 0 unspecified atom stereocenters. The molecule has 0 spiro atoms. The zero-order valence-electron chi connectivity index (χ0n) is 17.6. The minimum atomic E-state index is -0.812. The number of rotatable bonds is 6. The number of ether oxygens (including phenoxy) is 1. The van der Waals surface area contributed by atoms with Gasteiger partial charge in [0.25, 0.3) is 5.91 Å². The summed E-state index contributed by atoms with van der Waals surface area (Å²) in [4.78, 5) is 26.4. The monoisotopic (exact) mass is 425 g/mol. The van der Waals surface area contributed by atoms with Crippen molar-refractivity contribution in [3.63, 3.8) is 0 Å². The fraction of sp³-hybridized carbons (Fsp3) is 0.435. The minimum absolute atomic E-state index is 0.207. The standard InChI is InChI=1S/C23H27N3O3S/c1-14-8-10-17(11-9-14)13-26-22-19(15(2)25-26)12-20(30-22)23(28)29-16(3)21(27)24-18-6-4-5-7-18/h8-12,16,18H,4-7,13H2,1-3H3,(H,24,27)/t16-/m0/s1. The van der Waals surface area contributed by atoms with Crippen LogP contribution in [-0.4, -0.2) is 33.8 Å². The fourth-order valence-electron chi connectivity index (χ4n) is 3.85. The van der Waals surface area contributed by atoms with Crippen molar-refractivity contribution < 1.29 is 14.3 Å². The number of benzene rings is 1. The number of esters is 1. The van der Waals surface area contributed by atoms with E-state index in [-0.39, 0.29) is 11.9 Å². The number of carbonyl (C=O) groups is 2. The molecular weight excluding hydrogens is 398 g/mol. The Kier molecular flexibility index (Phi) is 5.90. The topological polar surface area (TPSA) is 73.2 Å². The van der Waals surface area contributed by atoms with E-state index in [0.717, 1.165) is 47.2 Å². The normalized spacial score (nSPS) is 15.4. The van der Waals surface area contributed by atoms with Crippen LogP contribution in [0.5, 0.6) is 0 Å². The summed E-state index contributed by atoms with van der Waals surface area (Å²) in [6, 6.07) is 10.4. The van der Waals surface area contributed by atoms with Crippen LogP contribution in [0, 0.1) is 13.8 Å². The van der Waals surface area contributed by atoms with Crippen LogP contribution in [0.3, 0.4) is 0 Å². The molecule has 6 nitrogen and oxygen atoms in total. The molecular formula is C23H27N3O3S. The fourth-order valence-corrected chi connectivity index (χ4v) is 4.89. The lowest BCUT2D eigenvalue weighted by Gasteiger charge is -2.16. The number of aryl methyl sites for hydroxylation is 2. The van der Waals surface area contributed by atoms with Crippen molar-refractivity contribution in [3.05, 3.63) is 52.0 Å². The van der Waals surface area contributed by atoms with E-state index >= 15 is 0 Å². The van der Waals surface area contributed by atoms with Gasteiger partial charge in [-0.05, 0) is 45.2 Å². The van der Waals surface area contributed by atoms with Crippen LogP contribution in [0.4, 0.5) is 0 Å². The van der Waals surface area contributed by atoms with E-state index in [1.807, 2.05) is 17.7 Å². The van der Waals surface area contributed by atoms with E-state index < -0.39 is 12.1 Å². The Morgan fingerprint density at radius 2 is 1.93 bits per heavy atom. The Morgan fingerprint density at radius 3 is 2.63 bits per heavy atom. The Morgan fingerprint density at radius 1 is 1.23 bits per heavy atom. The van der Waals surface area contributed by atoms with Gasteiger partial charge in [-0.2, -0.15) is 5.10 Å². The summed E-state index contributed by atoms with van der Waals surface area (Å²) in [6.07, 6.45) is 3.46. The smallest absolute Gasteiger partial charge is 0.349 e. The first-order valence-corrected chi connectivity index (χ1v) is 11.3. The zero-order chi connectivity index (χ0) is 21.3. The Balaban J connectivity index is 1.46. The lowest BCUT2D eigenvalue weighted by molar-refractivity contribution is -0.129. The molecule has 1 amide bonds. The van der Waals surface area contributed by atoms with E-state index in [4.69, 9.17) is 4.74 Å². The van der Waals surface area contributed by atoms with Crippen LogP contribution in [0.15, 0.2) is 30.3 Å². The van der Waals surface area contributed by atoms with E-state index in [2.05, 4.69) is 41.6 Å². The Hall–Kier alpha value is -2.67. The third-order valence-electron chi connectivity index (χ3n) is 5.62. The molecule has 2 aromatic heterocycles. The lowest BCUT2D eigenvalue weighted by atomic mass is 10.1. The van der Waals surface area contributed by atoms with Crippen molar-refractivity contribution in [2.75, 3.05) is 0 Å². The summed E-state index contributed by atoms with van der Waals surface area (Å²) < 4.78 is 7.37. The van der Waals surface area contributed by atoms with Crippen LogP contribution >= 0.6 is 11.3 Å². The number of carbonyl (C=O) groups excluding carboxylic acids is 2. The van der Waals surface area contributed by atoms with Crippen molar-refractivity contribution in [1.82, 2.24) is 15.1 Å². The summed E-state index contributed by atoms with van der Waals surface area (Å²) >= 11 is 1.36. The van der Waals surface area contributed by atoms with E-state index in [1.54, 1.807) is 6.92 Å². The molecule has 1 N–H and O–H groups in total. The SMILES string of the molecule is Cc1ccc(Cn2nc(C)c3cc(C(=O)O[C@@H](C)C(=O)NC4CCCC4)sc32)cc1. The highest BCUT2D eigenvalue weighted by Crippen LogP contribution is 2.29. The highest BCUT2D eigenvalue weighted by molar-refractivity contribution is 7.20. The van der Waals surface area contributed by atoms with Crippen molar-refractivity contribution in [2.24, 2.45) is 0 Å². The average Bonchev–Trinajstić information content (AvgIpc) is 3.43. The molecule has 0 bridgehead atoms. The molecule has 158 valence electrons. The number of hydrogen-bond donors (Lipinski definition) is 1. The van der Waals surface area contributed by atoms with Gasteiger partial charge in [0.05, 0.1) is 12.2 Å². The summed E-state index contributed by atoms with van der Waals surface area (Å²) in [6.45, 7) is 6.26. The van der Waals surface area contributed by atoms with Gasteiger partial charge in [0.1, 0.15) is 9.71 Å². The number of nitrogens with one attached hydrogen (secondary N) is 1.